The zero-order chi connectivity index (χ0) is 14.7. The summed E-state index contributed by atoms with van der Waals surface area (Å²) in [6.45, 7) is 7.58. The zero-order valence-corrected chi connectivity index (χ0v) is 13.1. The van der Waals surface area contributed by atoms with Crippen LogP contribution in [0.1, 0.15) is 11.5 Å². The van der Waals surface area contributed by atoms with Crippen LogP contribution in [0.2, 0.25) is 0 Å². The van der Waals surface area contributed by atoms with Gasteiger partial charge in [0, 0.05) is 44.2 Å². The normalized spacial score (nSPS) is 16.7. The van der Waals surface area contributed by atoms with Gasteiger partial charge >= 0.3 is 0 Å². The Morgan fingerprint density at radius 1 is 1.19 bits per heavy atom. The van der Waals surface area contributed by atoms with Crippen molar-refractivity contribution in [2.75, 3.05) is 38.7 Å². The SMILES string of the molecule is Cc1ccc2nc(CCCl)n(CCN3CCOCC3)c2n1. The summed E-state index contributed by atoms with van der Waals surface area (Å²) in [6, 6.07) is 4.05. The largest absolute Gasteiger partial charge is 0.379 e. The minimum atomic E-state index is 0.583. The Hall–Kier alpha value is -1.17. The van der Waals surface area contributed by atoms with Gasteiger partial charge in [-0.3, -0.25) is 4.90 Å². The first kappa shape index (κ1) is 14.8. The molecule has 1 aliphatic heterocycles. The van der Waals surface area contributed by atoms with E-state index in [1.54, 1.807) is 0 Å². The molecule has 21 heavy (non-hydrogen) atoms. The van der Waals surface area contributed by atoms with E-state index < -0.39 is 0 Å². The summed E-state index contributed by atoms with van der Waals surface area (Å²) < 4.78 is 7.62. The van der Waals surface area contributed by atoms with E-state index in [2.05, 4.69) is 19.4 Å². The molecule has 0 unspecified atom stereocenters. The standard InChI is InChI=1S/C15H21ClN4O/c1-12-2-3-13-15(17-12)20(14(18-13)4-5-16)7-6-19-8-10-21-11-9-19/h2-3H,4-11H2,1H3. The van der Waals surface area contributed by atoms with Crippen LogP contribution in [0.15, 0.2) is 12.1 Å². The number of aromatic nitrogens is 3. The fourth-order valence-corrected chi connectivity index (χ4v) is 2.89. The quantitative estimate of drug-likeness (QED) is 0.791. The van der Waals surface area contributed by atoms with Gasteiger partial charge in [-0.1, -0.05) is 0 Å². The molecule has 5 nitrogen and oxygen atoms in total. The molecule has 114 valence electrons. The first-order chi connectivity index (χ1) is 10.3. The molecule has 0 N–H and O–H groups in total. The fourth-order valence-electron chi connectivity index (χ4n) is 2.72. The maximum atomic E-state index is 5.92. The Morgan fingerprint density at radius 2 is 2.00 bits per heavy atom. The highest BCUT2D eigenvalue weighted by Crippen LogP contribution is 2.16. The molecule has 1 saturated heterocycles. The van der Waals surface area contributed by atoms with Gasteiger partial charge in [-0.25, -0.2) is 9.97 Å². The summed E-state index contributed by atoms with van der Waals surface area (Å²) in [5.41, 5.74) is 2.96. The molecule has 0 spiro atoms. The molecule has 1 fully saturated rings. The van der Waals surface area contributed by atoms with E-state index in [1.165, 1.54) is 0 Å². The predicted octanol–water partition coefficient (Wildman–Crippen LogP) is 1.85. The number of morpholine rings is 1. The Bertz CT molecular complexity index is 607. The van der Waals surface area contributed by atoms with Crippen molar-refractivity contribution in [1.29, 1.82) is 0 Å². The van der Waals surface area contributed by atoms with Crippen molar-refractivity contribution in [3.8, 4) is 0 Å². The maximum absolute atomic E-state index is 5.92. The van der Waals surface area contributed by atoms with Crippen LogP contribution in [0.3, 0.4) is 0 Å². The number of nitrogens with zero attached hydrogens (tertiary/aromatic N) is 4. The lowest BCUT2D eigenvalue weighted by Crippen LogP contribution is -2.38. The third-order valence-corrected chi connectivity index (χ3v) is 4.06. The van der Waals surface area contributed by atoms with Crippen LogP contribution in [0.5, 0.6) is 0 Å². The second kappa shape index (κ2) is 6.73. The van der Waals surface area contributed by atoms with Gasteiger partial charge in [0.2, 0.25) is 0 Å². The van der Waals surface area contributed by atoms with E-state index in [1.807, 2.05) is 19.1 Å². The lowest BCUT2D eigenvalue weighted by Gasteiger charge is -2.26. The molecule has 3 rings (SSSR count). The lowest BCUT2D eigenvalue weighted by molar-refractivity contribution is 0.0364. The molecule has 2 aromatic rings. The minimum Gasteiger partial charge on any atom is -0.379 e. The van der Waals surface area contributed by atoms with Crippen molar-refractivity contribution in [3.05, 3.63) is 23.7 Å². The highest BCUT2D eigenvalue weighted by Gasteiger charge is 2.14. The number of halogens is 1. The van der Waals surface area contributed by atoms with E-state index in [0.717, 1.165) is 68.5 Å². The van der Waals surface area contributed by atoms with Crippen LogP contribution in [-0.2, 0) is 17.7 Å². The second-order valence-electron chi connectivity index (χ2n) is 5.37. The van der Waals surface area contributed by atoms with Crippen LogP contribution < -0.4 is 0 Å². The highest BCUT2D eigenvalue weighted by atomic mass is 35.5. The van der Waals surface area contributed by atoms with Gasteiger partial charge in [0.05, 0.1) is 13.2 Å². The molecule has 0 amide bonds. The summed E-state index contributed by atoms with van der Waals surface area (Å²) >= 11 is 5.92. The average molecular weight is 309 g/mol. The summed E-state index contributed by atoms with van der Waals surface area (Å²) in [5.74, 6) is 1.62. The molecular weight excluding hydrogens is 288 g/mol. The van der Waals surface area contributed by atoms with E-state index in [0.29, 0.717) is 5.88 Å². The summed E-state index contributed by atoms with van der Waals surface area (Å²) in [7, 11) is 0. The van der Waals surface area contributed by atoms with Crippen LogP contribution in [0.4, 0.5) is 0 Å². The van der Waals surface area contributed by atoms with Crippen molar-refractivity contribution >= 4 is 22.8 Å². The summed E-state index contributed by atoms with van der Waals surface area (Å²) in [6.07, 6.45) is 0.778. The molecule has 3 heterocycles. The maximum Gasteiger partial charge on any atom is 0.160 e. The van der Waals surface area contributed by atoms with E-state index in [4.69, 9.17) is 16.3 Å². The number of rotatable bonds is 5. The van der Waals surface area contributed by atoms with E-state index in [-0.39, 0.29) is 0 Å². The number of imidazole rings is 1. The molecule has 2 aromatic heterocycles. The number of hydrogen-bond donors (Lipinski definition) is 0. The third-order valence-electron chi connectivity index (χ3n) is 3.87. The van der Waals surface area contributed by atoms with Gasteiger partial charge in [0.15, 0.2) is 5.65 Å². The molecule has 0 bridgehead atoms. The van der Waals surface area contributed by atoms with Crippen LogP contribution >= 0.6 is 11.6 Å². The molecule has 0 atom stereocenters. The summed E-state index contributed by atoms with van der Waals surface area (Å²) in [4.78, 5) is 11.8. The van der Waals surface area contributed by atoms with Crippen LogP contribution in [-0.4, -0.2) is 58.2 Å². The molecule has 6 heteroatoms. The number of alkyl halides is 1. The topological polar surface area (TPSA) is 43.2 Å². The Labute approximate surface area is 129 Å². The molecule has 0 saturated carbocycles. The van der Waals surface area contributed by atoms with Crippen molar-refractivity contribution < 1.29 is 4.74 Å². The Kier molecular flexibility index (Phi) is 4.73. The molecule has 1 aliphatic rings. The second-order valence-corrected chi connectivity index (χ2v) is 5.75. The van der Waals surface area contributed by atoms with Crippen molar-refractivity contribution in [3.63, 3.8) is 0 Å². The molecular formula is C15H21ClN4O. The zero-order valence-electron chi connectivity index (χ0n) is 12.4. The van der Waals surface area contributed by atoms with Gasteiger partial charge in [0.1, 0.15) is 11.3 Å². The lowest BCUT2D eigenvalue weighted by atomic mass is 10.3. The molecule has 0 aliphatic carbocycles. The Balaban J connectivity index is 1.83. The summed E-state index contributed by atoms with van der Waals surface area (Å²) in [5, 5.41) is 0. The average Bonchev–Trinajstić information content (AvgIpc) is 2.83. The van der Waals surface area contributed by atoms with Crippen molar-refractivity contribution in [2.45, 2.75) is 19.9 Å². The third kappa shape index (κ3) is 3.36. The smallest absolute Gasteiger partial charge is 0.160 e. The number of fused-ring (bicyclic) bond motifs is 1. The predicted molar refractivity (Wildman–Crippen MR) is 83.9 cm³/mol. The highest BCUT2D eigenvalue weighted by molar-refractivity contribution is 6.17. The molecule has 0 aromatic carbocycles. The molecule has 0 radical (unpaired) electrons. The Morgan fingerprint density at radius 3 is 2.76 bits per heavy atom. The first-order valence-electron chi connectivity index (χ1n) is 7.47. The first-order valence-corrected chi connectivity index (χ1v) is 8.00. The van der Waals surface area contributed by atoms with Gasteiger partial charge in [-0.05, 0) is 19.1 Å². The number of aryl methyl sites for hydroxylation is 2. The number of hydrogen-bond acceptors (Lipinski definition) is 4. The van der Waals surface area contributed by atoms with E-state index >= 15 is 0 Å². The van der Waals surface area contributed by atoms with Gasteiger partial charge in [-0.15, -0.1) is 11.6 Å². The van der Waals surface area contributed by atoms with Gasteiger partial charge in [-0.2, -0.15) is 0 Å². The van der Waals surface area contributed by atoms with Crippen molar-refractivity contribution in [2.24, 2.45) is 0 Å². The van der Waals surface area contributed by atoms with E-state index in [9.17, 15) is 0 Å². The fraction of sp³-hybridized carbons (Fsp3) is 0.600. The number of pyridine rings is 1. The van der Waals surface area contributed by atoms with Gasteiger partial charge in [0.25, 0.3) is 0 Å². The van der Waals surface area contributed by atoms with Crippen LogP contribution in [0, 0.1) is 6.92 Å². The van der Waals surface area contributed by atoms with Crippen molar-refractivity contribution in [1.82, 2.24) is 19.4 Å². The monoisotopic (exact) mass is 308 g/mol. The van der Waals surface area contributed by atoms with Gasteiger partial charge < -0.3 is 9.30 Å². The minimum absolute atomic E-state index is 0.583. The van der Waals surface area contributed by atoms with Crippen LogP contribution in [0.25, 0.3) is 11.2 Å². The number of ether oxygens (including phenoxy) is 1.